The van der Waals surface area contributed by atoms with Crippen molar-refractivity contribution in [2.75, 3.05) is 0 Å². The summed E-state index contributed by atoms with van der Waals surface area (Å²) in [4.78, 5) is 12.9. The highest BCUT2D eigenvalue weighted by Crippen LogP contribution is 2.19. The second kappa shape index (κ2) is 3.16. The number of hydrogen-bond acceptors (Lipinski definition) is 4. The van der Waals surface area contributed by atoms with Crippen molar-refractivity contribution >= 4 is 22.9 Å². The molecule has 0 N–H and O–H groups in total. The van der Waals surface area contributed by atoms with Crippen LogP contribution in [0.25, 0.3) is 10.7 Å². The fourth-order valence-electron chi connectivity index (χ4n) is 0.782. The van der Waals surface area contributed by atoms with Crippen LogP contribution in [-0.4, -0.2) is 15.0 Å². The first-order chi connectivity index (χ1) is 5.86. The molecule has 0 aliphatic rings. The highest BCUT2D eigenvalue weighted by molar-refractivity contribution is 7.13. The molecule has 2 aromatic heterocycles. The number of halogens is 1. The molecule has 0 atom stereocenters. The average Bonchev–Trinajstić information content (AvgIpc) is 2.56. The van der Waals surface area contributed by atoms with E-state index in [0.717, 1.165) is 4.88 Å². The largest absolute Gasteiger partial charge is 0.252 e. The van der Waals surface area contributed by atoms with Crippen LogP contribution < -0.4 is 0 Å². The third-order valence-corrected chi connectivity index (χ3v) is 2.25. The van der Waals surface area contributed by atoms with Crippen LogP contribution in [0, 0.1) is 0 Å². The van der Waals surface area contributed by atoms with Crippen molar-refractivity contribution in [2.45, 2.75) is 0 Å². The van der Waals surface area contributed by atoms with Crippen molar-refractivity contribution in [3.8, 4) is 10.7 Å². The van der Waals surface area contributed by atoms with Gasteiger partial charge in [0.15, 0.2) is 5.82 Å². The van der Waals surface area contributed by atoms with Gasteiger partial charge in [-0.05, 0) is 6.07 Å². The molecule has 5 heteroatoms. The minimum Gasteiger partial charge on any atom is -0.252 e. The van der Waals surface area contributed by atoms with Gasteiger partial charge in [0.25, 0.3) is 0 Å². The highest BCUT2D eigenvalue weighted by atomic mass is 35.5. The number of nitrogens with zero attached hydrogens (tertiary/aromatic N) is 3. The molecule has 3 nitrogen and oxygen atoms in total. The molecule has 0 aliphatic carbocycles. The standard InChI is InChI=1S/C7H4ClN3S/c8-6-1-2-10-7(11-6)5-3-9-4-12-5/h1-4H. The Labute approximate surface area is 78.1 Å². The Kier molecular flexibility index (Phi) is 2.01. The van der Waals surface area contributed by atoms with Crippen LogP contribution in [0.15, 0.2) is 24.0 Å². The van der Waals surface area contributed by atoms with E-state index in [1.807, 2.05) is 0 Å². The van der Waals surface area contributed by atoms with Crippen LogP contribution >= 0.6 is 22.9 Å². The van der Waals surface area contributed by atoms with Gasteiger partial charge in [-0.25, -0.2) is 9.97 Å². The van der Waals surface area contributed by atoms with Gasteiger partial charge in [0.1, 0.15) is 5.15 Å². The zero-order chi connectivity index (χ0) is 8.39. The second-order valence-electron chi connectivity index (χ2n) is 2.07. The van der Waals surface area contributed by atoms with Crippen molar-refractivity contribution in [1.82, 2.24) is 15.0 Å². The fraction of sp³-hybridized carbons (Fsp3) is 0. The van der Waals surface area contributed by atoms with Crippen LogP contribution in [0.2, 0.25) is 5.15 Å². The van der Waals surface area contributed by atoms with E-state index < -0.39 is 0 Å². The molecule has 0 radical (unpaired) electrons. The Balaban J connectivity index is 2.48. The van der Waals surface area contributed by atoms with E-state index in [0.29, 0.717) is 11.0 Å². The summed E-state index contributed by atoms with van der Waals surface area (Å²) >= 11 is 7.18. The molecule has 0 saturated heterocycles. The third kappa shape index (κ3) is 1.44. The molecule has 2 aromatic rings. The van der Waals surface area contributed by atoms with Gasteiger partial charge in [0.2, 0.25) is 0 Å². The molecule has 0 amide bonds. The molecule has 0 spiro atoms. The van der Waals surface area contributed by atoms with Crippen LogP contribution in [0.1, 0.15) is 0 Å². The summed E-state index contributed by atoms with van der Waals surface area (Å²) in [5, 5.41) is 0.452. The van der Waals surface area contributed by atoms with Crippen LogP contribution in [0.4, 0.5) is 0 Å². The van der Waals surface area contributed by atoms with Gasteiger partial charge >= 0.3 is 0 Å². The number of hydrogen-bond donors (Lipinski definition) is 0. The lowest BCUT2D eigenvalue weighted by Crippen LogP contribution is -1.84. The van der Waals surface area contributed by atoms with Gasteiger partial charge in [0.05, 0.1) is 10.4 Å². The van der Waals surface area contributed by atoms with E-state index in [2.05, 4.69) is 15.0 Å². The molecule has 0 aromatic carbocycles. The van der Waals surface area contributed by atoms with Crippen LogP contribution in [0.5, 0.6) is 0 Å². The van der Waals surface area contributed by atoms with E-state index in [4.69, 9.17) is 11.6 Å². The predicted molar refractivity (Wildman–Crippen MR) is 48.2 cm³/mol. The van der Waals surface area contributed by atoms with Crippen LogP contribution in [0.3, 0.4) is 0 Å². The number of thiazole rings is 1. The van der Waals surface area contributed by atoms with E-state index in [-0.39, 0.29) is 0 Å². The topological polar surface area (TPSA) is 38.7 Å². The van der Waals surface area contributed by atoms with Crippen LogP contribution in [-0.2, 0) is 0 Å². The minimum absolute atomic E-state index is 0.452. The van der Waals surface area contributed by atoms with Crippen molar-refractivity contribution in [2.24, 2.45) is 0 Å². The first kappa shape index (κ1) is 7.64. The molecule has 12 heavy (non-hydrogen) atoms. The molecule has 0 saturated carbocycles. The first-order valence-electron chi connectivity index (χ1n) is 3.23. The molecule has 2 rings (SSSR count). The van der Waals surface area contributed by atoms with E-state index >= 15 is 0 Å². The van der Waals surface area contributed by atoms with Gasteiger partial charge in [-0.15, -0.1) is 11.3 Å². The van der Waals surface area contributed by atoms with Crippen molar-refractivity contribution in [3.05, 3.63) is 29.1 Å². The van der Waals surface area contributed by atoms with E-state index in [1.165, 1.54) is 11.3 Å². The Bertz CT molecular complexity index is 374. The lowest BCUT2D eigenvalue weighted by Gasteiger charge is -1.93. The highest BCUT2D eigenvalue weighted by Gasteiger charge is 2.01. The summed E-state index contributed by atoms with van der Waals surface area (Å²) in [7, 11) is 0. The molecule has 0 fully saturated rings. The minimum atomic E-state index is 0.452. The van der Waals surface area contributed by atoms with Gasteiger partial charge < -0.3 is 0 Å². The summed E-state index contributed by atoms with van der Waals surface area (Å²) in [6.45, 7) is 0. The lowest BCUT2D eigenvalue weighted by atomic mass is 10.5. The monoisotopic (exact) mass is 197 g/mol. The summed E-state index contributed by atoms with van der Waals surface area (Å²) in [6.07, 6.45) is 3.35. The second-order valence-corrected chi connectivity index (χ2v) is 3.34. The Morgan fingerprint density at radius 2 is 2.33 bits per heavy atom. The summed E-state index contributed by atoms with van der Waals surface area (Å²) < 4.78 is 0. The van der Waals surface area contributed by atoms with Crippen molar-refractivity contribution in [3.63, 3.8) is 0 Å². The maximum atomic E-state index is 5.69. The first-order valence-corrected chi connectivity index (χ1v) is 4.49. The number of aromatic nitrogens is 3. The predicted octanol–water partition coefficient (Wildman–Crippen LogP) is 2.25. The van der Waals surface area contributed by atoms with Gasteiger partial charge in [-0.3, -0.25) is 4.98 Å². The summed E-state index contributed by atoms with van der Waals surface area (Å²) in [5.74, 6) is 0.630. The quantitative estimate of drug-likeness (QED) is 0.659. The fourth-order valence-corrected chi connectivity index (χ4v) is 1.48. The molecular weight excluding hydrogens is 194 g/mol. The molecule has 0 bridgehead atoms. The van der Waals surface area contributed by atoms with Gasteiger partial charge in [-0.2, -0.15) is 0 Å². The zero-order valence-electron chi connectivity index (χ0n) is 5.94. The normalized spacial score (nSPS) is 10.1. The maximum absolute atomic E-state index is 5.69. The smallest absolute Gasteiger partial charge is 0.172 e. The van der Waals surface area contributed by atoms with E-state index in [1.54, 1.807) is 24.0 Å². The summed E-state index contributed by atoms with van der Waals surface area (Å²) in [6, 6.07) is 1.64. The molecule has 60 valence electrons. The molecule has 2 heterocycles. The Morgan fingerprint density at radius 3 is 3.00 bits per heavy atom. The summed E-state index contributed by atoms with van der Waals surface area (Å²) in [5.41, 5.74) is 1.74. The van der Waals surface area contributed by atoms with Crippen molar-refractivity contribution < 1.29 is 0 Å². The molecule has 0 unspecified atom stereocenters. The Morgan fingerprint density at radius 1 is 1.42 bits per heavy atom. The van der Waals surface area contributed by atoms with Gasteiger partial charge in [0, 0.05) is 12.4 Å². The third-order valence-electron chi connectivity index (χ3n) is 1.27. The van der Waals surface area contributed by atoms with Crippen molar-refractivity contribution in [1.29, 1.82) is 0 Å². The van der Waals surface area contributed by atoms with E-state index in [9.17, 15) is 0 Å². The molecular formula is C7H4ClN3S. The maximum Gasteiger partial charge on any atom is 0.172 e. The average molecular weight is 198 g/mol. The molecule has 0 aliphatic heterocycles. The van der Waals surface area contributed by atoms with Gasteiger partial charge in [-0.1, -0.05) is 11.6 Å². The number of rotatable bonds is 1. The zero-order valence-corrected chi connectivity index (χ0v) is 7.51. The SMILES string of the molecule is Clc1ccnc(-c2cncs2)n1. The Hall–Kier alpha value is -1.00. The lowest BCUT2D eigenvalue weighted by molar-refractivity contribution is 1.18.